The van der Waals surface area contributed by atoms with Crippen LogP contribution in [0.25, 0.3) is 0 Å². The third-order valence-corrected chi connectivity index (χ3v) is 3.24. The molecule has 96 valence electrons. The van der Waals surface area contributed by atoms with Gasteiger partial charge < -0.3 is 15.2 Å². The fraction of sp³-hybridized carbons (Fsp3) is 0.500. The molecule has 2 N–H and O–H groups in total. The van der Waals surface area contributed by atoms with E-state index in [9.17, 15) is 4.39 Å². The van der Waals surface area contributed by atoms with Crippen LogP contribution in [0.3, 0.4) is 0 Å². The smallest absolute Gasteiger partial charge is 0.172 e. The molecule has 0 aliphatic heterocycles. The molecule has 0 unspecified atom stereocenters. The van der Waals surface area contributed by atoms with Crippen LogP contribution in [0.1, 0.15) is 18.4 Å². The largest absolute Gasteiger partial charge is 0.495 e. The summed E-state index contributed by atoms with van der Waals surface area (Å²) in [6.07, 6.45) is 2.55. The van der Waals surface area contributed by atoms with E-state index in [1.54, 1.807) is 7.11 Å². The molecule has 0 atom stereocenters. The van der Waals surface area contributed by atoms with Gasteiger partial charge in [0.1, 0.15) is 10.2 Å². The van der Waals surface area contributed by atoms with Crippen molar-refractivity contribution in [1.82, 2.24) is 0 Å². The fourth-order valence-corrected chi connectivity index (χ4v) is 2.45. The summed E-state index contributed by atoms with van der Waals surface area (Å²) in [7, 11) is 2.99. The lowest BCUT2D eigenvalue weighted by Crippen LogP contribution is -2.02. The summed E-state index contributed by atoms with van der Waals surface area (Å²) >= 11 is 3.30. The summed E-state index contributed by atoms with van der Waals surface area (Å²) in [5, 5.41) is 0. The molecule has 1 aromatic carbocycles. The van der Waals surface area contributed by atoms with Crippen LogP contribution in [0, 0.1) is 5.82 Å². The van der Waals surface area contributed by atoms with Gasteiger partial charge in [-0.2, -0.15) is 0 Å². The van der Waals surface area contributed by atoms with Crippen LogP contribution in [0.4, 0.5) is 4.39 Å². The van der Waals surface area contributed by atoms with Gasteiger partial charge in [0.05, 0.1) is 14.2 Å². The van der Waals surface area contributed by atoms with Crippen LogP contribution in [0.15, 0.2) is 10.5 Å². The van der Waals surface area contributed by atoms with Gasteiger partial charge in [-0.15, -0.1) is 0 Å². The molecule has 17 heavy (non-hydrogen) atoms. The molecule has 0 aliphatic carbocycles. The van der Waals surface area contributed by atoms with Crippen molar-refractivity contribution in [3.8, 4) is 11.5 Å². The molecule has 3 nitrogen and oxygen atoms in total. The monoisotopic (exact) mass is 305 g/mol. The van der Waals surface area contributed by atoms with E-state index in [4.69, 9.17) is 15.2 Å². The summed E-state index contributed by atoms with van der Waals surface area (Å²) in [6, 6.07) is 1.46. The predicted octanol–water partition coefficient (Wildman–Crippen LogP) is 2.89. The van der Waals surface area contributed by atoms with E-state index in [-0.39, 0.29) is 11.6 Å². The summed E-state index contributed by atoms with van der Waals surface area (Å²) in [5.74, 6) is 0.410. The second-order valence-corrected chi connectivity index (χ2v) is 4.44. The molecule has 0 amide bonds. The molecule has 0 aliphatic rings. The summed E-state index contributed by atoms with van der Waals surface area (Å²) in [4.78, 5) is 0. The number of unbranched alkanes of at least 4 members (excludes halogenated alkanes) is 1. The van der Waals surface area contributed by atoms with Gasteiger partial charge in [-0.1, -0.05) is 0 Å². The molecular weight excluding hydrogens is 289 g/mol. The highest BCUT2D eigenvalue weighted by Crippen LogP contribution is 2.39. The van der Waals surface area contributed by atoms with Gasteiger partial charge in [-0.25, -0.2) is 4.39 Å². The Morgan fingerprint density at radius 3 is 2.41 bits per heavy atom. The molecule has 5 heteroatoms. The van der Waals surface area contributed by atoms with E-state index in [1.807, 2.05) is 0 Å². The maximum absolute atomic E-state index is 13.7. The van der Waals surface area contributed by atoms with Crippen molar-refractivity contribution >= 4 is 15.9 Å². The van der Waals surface area contributed by atoms with Gasteiger partial charge in [0.2, 0.25) is 0 Å². The van der Waals surface area contributed by atoms with Gasteiger partial charge >= 0.3 is 0 Å². The van der Waals surface area contributed by atoms with Gasteiger partial charge in [0, 0.05) is 0 Å². The zero-order valence-corrected chi connectivity index (χ0v) is 11.6. The Kier molecular flexibility index (Phi) is 5.71. The molecule has 0 fully saturated rings. The van der Waals surface area contributed by atoms with Gasteiger partial charge in [0.25, 0.3) is 0 Å². The quantitative estimate of drug-likeness (QED) is 0.822. The van der Waals surface area contributed by atoms with Crippen LogP contribution >= 0.6 is 15.9 Å². The number of hydrogen-bond donors (Lipinski definition) is 1. The fourth-order valence-electron chi connectivity index (χ4n) is 1.69. The first-order valence-corrected chi connectivity index (χ1v) is 6.23. The molecule has 1 aromatic rings. The molecule has 0 saturated heterocycles. The van der Waals surface area contributed by atoms with Crippen molar-refractivity contribution in [2.75, 3.05) is 20.8 Å². The van der Waals surface area contributed by atoms with Crippen molar-refractivity contribution in [1.29, 1.82) is 0 Å². The third kappa shape index (κ3) is 3.33. The summed E-state index contributed by atoms with van der Waals surface area (Å²) < 4.78 is 24.5. The SMILES string of the molecule is COc1c(F)cc(CCCCN)c(OC)c1Br. The normalized spacial score (nSPS) is 10.4. The number of benzene rings is 1. The van der Waals surface area contributed by atoms with Crippen LogP contribution in [-0.4, -0.2) is 20.8 Å². The minimum absolute atomic E-state index is 0.171. The van der Waals surface area contributed by atoms with Crippen LogP contribution in [0.2, 0.25) is 0 Å². The maximum atomic E-state index is 13.7. The Labute approximate surface area is 109 Å². The van der Waals surface area contributed by atoms with Gasteiger partial charge in [-0.05, 0) is 53.4 Å². The number of halogens is 2. The Balaban J connectivity index is 3.04. The summed E-state index contributed by atoms with van der Waals surface area (Å²) in [6.45, 7) is 0.641. The minimum atomic E-state index is -0.386. The Hall–Kier alpha value is -0.810. The first-order valence-electron chi connectivity index (χ1n) is 5.44. The zero-order valence-electron chi connectivity index (χ0n) is 10.1. The Morgan fingerprint density at radius 1 is 1.24 bits per heavy atom. The Bertz CT molecular complexity index is 385. The minimum Gasteiger partial charge on any atom is -0.495 e. The highest BCUT2D eigenvalue weighted by molar-refractivity contribution is 9.10. The average molecular weight is 306 g/mol. The maximum Gasteiger partial charge on any atom is 0.172 e. The lowest BCUT2D eigenvalue weighted by atomic mass is 10.1. The molecule has 1 rings (SSSR count). The van der Waals surface area contributed by atoms with E-state index < -0.39 is 0 Å². The summed E-state index contributed by atoms with van der Waals surface area (Å²) in [5.41, 5.74) is 6.26. The van der Waals surface area contributed by atoms with Crippen LogP contribution < -0.4 is 15.2 Å². The highest BCUT2D eigenvalue weighted by atomic mass is 79.9. The molecule has 0 spiro atoms. The first kappa shape index (κ1) is 14.3. The number of aryl methyl sites for hydroxylation is 1. The highest BCUT2D eigenvalue weighted by Gasteiger charge is 2.17. The van der Waals surface area contributed by atoms with E-state index in [0.29, 0.717) is 16.8 Å². The number of ether oxygens (including phenoxy) is 2. The van der Waals surface area contributed by atoms with E-state index >= 15 is 0 Å². The number of rotatable bonds is 6. The van der Waals surface area contributed by atoms with Crippen LogP contribution in [-0.2, 0) is 6.42 Å². The average Bonchev–Trinajstić information content (AvgIpc) is 2.30. The van der Waals surface area contributed by atoms with E-state index in [0.717, 1.165) is 24.8 Å². The predicted molar refractivity (Wildman–Crippen MR) is 69.2 cm³/mol. The molecule has 0 saturated carbocycles. The second-order valence-electron chi connectivity index (χ2n) is 3.64. The van der Waals surface area contributed by atoms with Crippen molar-refractivity contribution < 1.29 is 13.9 Å². The van der Waals surface area contributed by atoms with Crippen molar-refractivity contribution in [3.05, 3.63) is 21.9 Å². The topological polar surface area (TPSA) is 44.5 Å². The Morgan fingerprint density at radius 2 is 1.88 bits per heavy atom. The van der Waals surface area contributed by atoms with Crippen molar-refractivity contribution in [3.63, 3.8) is 0 Å². The molecular formula is C12H17BrFNO2. The van der Waals surface area contributed by atoms with E-state index in [1.165, 1.54) is 13.2 Å². The first-order chi connectivity index (χ1) is 8.15. The van der Waals surface area contributed by atoms with Crippen molar-refractivity contribution in [2.24, 2.45) is 5.73 Å². The lowest BCUT2D eigenvalue weighted by Gasteiger charge is -2.14. The van der Waals surface area contributed by atoms with E-state index in [2.05, 4.69) is 15.9 Å². The molecule has 0 radical (unpaired) electrons. The van der Waals surface area contributed by atoms with Gasteiger partial charge in [-0.3, -0.25) is 0 Å². The molecule has 0 aromatic heterocycles. The third-order valence-electron chi connectivity index (χ3n) is 2.52. The van der Waals surface area contributed by atoms with Crippen LogP contribution in [0.5, 0.6) is 11.5 Å². The number of nitrogens with two attached hydrogens (primary N) is 1. The standard InChI is InChI=1S/C12H17BrFNO2/c1-16-11-8(5-3-4-6-15)7-9(14)12(17-2)10(11)13/h7H,3-6,15H2,1-2H3. The number of hydrogen-bond acceptors (Lipinski definition) is 3. The molecule has 0 bridgehead atoms. The lowest BCUT2D eigenvalue weighted by molar-refractivity contribution is 0.366. The zero-order chi connectivity index (χ0) is 12.8. The number of methoxy groups -OCH3 is 2. The second kappa shape index (κ2) is 6.81. The molecule has 0 heterocycles. The van der Waals surface area contributed by atoms with Crippen molar-refractivity contribution in [2.45, 2.75) is 19.3 Å². The van der Waals surface area contributed by atoms with Gasteiger partial charge in [0.15, 0.2) is 11.6 Å².